The third-order valence-corrected chi connectivity index (χ3v) is 3.81. The molecule has 1 N–H and O–H groups in total. The minimum atomic E-state index is -4.56. The van der Waals surface area contributed by atoms with Crippen LogP contribution in [-0.4, -0.2) is 26.1 Å². The molecule has 0 aromatic heterocycles. The first kappa shape index (κ1) is 16.5. The molecule has 0 spiro atoms. The van der Waals surface area contributed by atoms with Crippen molar-refractivity contribution >= 4 is 21.5 Å². The van der Waals surface area contributed by atoms with Crippen molar-refractivity contribution in [2.75, 3.05) is 10.5 Å². The molecule has 0 atom stereocenters. The Kier molecular flexibility index (Phi) is 5.15. The highest BCUT2D eigenvalue weighted by Gasteiger charge is 2.31. The van der Waals surface area contributed by atoms with Gasteiger partial charge in [-0.05, 0) is 30.7 Å². The third-order valence-electron chi connectivity index (χ3n) is 2.31. The lowest BCUT2D eigenvalue weighted by Gasteiger charge is -2.08. The van der Waals surface area contributed by atoms with E-state index in [4.69, 9.17) is 0 Å². The zero-order valence-corrected chi connectivity index (χ0v) is 11.5. The van der Waals surface area contributed by atoms with Crippen LogP contribution >= 0.6 is 0 Å². The van der Waals surface area contributed by atoms with Gasteiger partial charge in [-0.3, -0.25) is 9.52 Å². The number of nitrogens with one attached hydrogen (secondary N) is 1. The average Bonchev–Trinajstić information content (AvgIpc) is 2.26. The van der Waals surface area contributed by atoms with Crippen LogP contribution in [0.5, 0.6) is 0 Å². The predicted octanol–water partition coefficient (Wildman–Crippen LogP) is 2.97. The minimum absolute atomic E-state index is 0.0538. The van der Waals surface area contributed by atoms with Gasteiger partial charge in [0.2, 0.25) is 10.0 Å². The van der Waals surface area contributed by atoms with Crippen LogP contribution in [0, 0.1) is 0 Å². The molecule has 0 saturated heterocycles. The first-order valence-electron chi connectivity index (χ1n) is 5.83. The number of rotatable bonds is 6. The number of hydrogen-bond acceptors (Lipinski definition) is 3. The minimum Gasteiger partial charge on any atom is -0.294 e. The number of carbonyl (C=O) groups excluding carboxylic acids is 1. The number of anilines is 1. The molecule has 0 heterocycles. The molecule has 1 aromatic rings. The summed E-state index contributed by atoms with van der Waals surface area (Å²) in [5.74, 6) is -1.11. The van der Waals surface area contributed by atoms with Gasteiger partial charge in [0.15, 0.2) is 5.78 Å². The highest BCUT2D eigenvalue weighted by Crippen LogP contribution is 2.22. The summed E-state index contributed by atoms with van der Waals surface area (Å²) in [6, 6.07) is 4.85. The molecule has 0 bridgehead atoms. The number of Topliss-reactive ketones (excluding diaryl/α,β-unsaturated/α-hetero) is 1. The largest absolute Gasteiger partial charge is 0.396 e. The quantitative estimate of drug-likeness (QED) is 0.822. The van der Waals surface area contributed by atoms with E-state index in [0.29, 0.717) is 6.42 Å². The molecule has 0 aliphatic heterocycles. The van der Waals surface area contributed by atoms with Gasteiger partial charge in [-0.1, -0.05) is 6.92 Å². The molecule has 112 valence electrons. The number of benzene rings is 1. The van der Waals surface area contributed by atoms with Crippen LogP contribution in [-0.2, 0) is 10.0 Å². The Morgan fingerprint density at radius 3 is 2.20 bits per heavy atom. The standard InChI is InChI=1S/C12H14F3NO3S/c1-2-7-20(18,19)16-10-5-3-9(4-6-10)11(17)8-12(13,14)15/h3-6,16H,2,7-8H2,1H3. The van der Waals surface area contributed by atoms with Crippen LogP contribution in [0.4, 0.5) is 18.9 Å². The summed E-state index contributed by atoms with van der Waals surface area (Å²) in [6.07, 6.45) is -5.65. The molecule has 4 nitrogen and oxygen atoms in total. The van der Waals surface area contributed by atoms with Crippen molar-refractivity contribution in [3.8, 4) is 0 Å². The van der Waals surface area contributed by atoms with Crippen LogP contribution in [0.2, 0.25) is 0 Å². The summed E-state index contributed by atoms with van der Waals surface area (Å²) in [4.78, 5) is 11.3. The molecular formula is C12H14F3NO3S. The highest BCUT2D eigenvalue weighted by molar-refractivity contribution is 7.92. The van der Waals surface area contributed by atoms with Crippen molar-refractivity contribution in [3.63, 3.8) is 0 Å². The van der Waals surface area contributed by atoms with Crippen molar-refractivity contribution in [1.82, 2.24) is 0 Å². The first-order chi connectivity index (χ1) is 9.13. The van der Waals surface area contributed by atoms with Gasteiger partial charge in [-0.15, -0.1) is 0 Å². The lowest BCUT2D eigenvalue weighted by atomic mass is 10.1. The van der Waals surface area contributed by atoms with E-state index in [1.165, 1.54) is 12.1 Å². The van der Waals surface area contributed by atoms with Crippen molar-refractivity contribution < 1.29 is 26.4 Å². The number of halogens is 3. The SMILES string of the molecule is CCCS(=O)(=O)Nc1ccc(C(=O)CC(F)(F)F)cc1. The molecule has 1 aromatic carbocycles. The fourth-order valence-electron chi connectivity index (χ4n) is 1.51. The Labute approximate surface area is 115 Å². The lowest BCUT2D eigenvalue weighted by molar-refractivity contribution is -0.125. The molecule has 20 heavy (non-hydrogen) atoms. The zero-order chi connectivity index (χ0) is 15.4. The normalized spacial score (nSPS) is 12.2. The zero-order valence-electron chi connectivity index (χ0n) is 10.7. The van der Waals surface area contributed by atoms with E-state index in [1.54, 1.807) is 6.92 Å². The molecule has 0 amide bonds. The van der Waals surface area contributed by atoms with Gasteiger partial charge in [0, 0.05) is 11.3 Å². The molecule has 0 aliphatic carbocycles. The van der Waals surface area contributed by atoms with Gasteiger partial charge in [0.05, 0.1) is 5.75 Å². The van der Waals surface area contributed by atoms with E-state index in [2.05, 4.69) is 4.72 Å². The maximum atomic E-state index is 12.1. The van der Waals surface area contributed by atoms with Crippen LogP contribution in [0.3, 0.4) is 0 Å². The highest BCUT2D eigenvalue weighted by atomic mass is 32.2. The summed E-state index contributed by atoms with van der Waals surface area (Å²) in [7, 11) is -3.46. The number of ketones is 1. The number of carbonyl (C=O) groups is 1. The molecular weight excluding hydrogens is 295 g/mol. The molecule has 8 heteroatoms. The smallest absolute Gasteiger partial charge is 0.294 e. The molecule has 0 fully saturated rings. The fraction of sp³-hybridized carbons (Fsp3) is 0.417. The second-order valence-electron chi connectivity index (χ2n) is 4.21. The molecule has 0 radical (unpaired) electrons. The summed E-state index contributed by atoms with van der Waals surface area (Å²) in [5, 5.41) is 0. The van der Waals surface area contributed by atoms with E-state index in [1.807, 2.05) is 0 Å². The maximum absolute atomic E-state index is 12.1. The second kappa shape index (κ2) is 6.25. The molecule has 1 rings (SSSR count). The van der Waals surface area contributed by atoms with Gasteiger partial charge < -0.3 is 0 Å². The van der Waals surface area contributed by atoms with Crippen molar-refractivity contribution in [1.29, 1.82) is 0 Å². The van der Waals surface area contributed by atoms with Gasteiger partial charge in [-0.2, -0.15) is 13.2 Å². The average molecular weight is 309 g/mol. The molecule has 0 unspecified atom stereocenters. The molecule has 0 aliphatic rings. The van der Waals surface area contributed by atoms with Gasteiger partial charge >= 0.3 is 6.18 Å². The Morgan fingerprint density at radius 1 is 1.20 bits per heavy atom. The Bertz CT molecular complexity index is 565. The molecule has 0 saturated carbocycles. The van der Waals surface area contributed by atoms with E-state index in [-0.39, 0.29) is 17.0 Å². The number of sulfonamides is 1. The summed E-state index contributed by atoms with van der Waals surface area (Å²) in [6.45, 7) is 1.71. The third kappa shape index (κ3) is 5.60. The first-order valence-corrected chi connectivity index (χ1v) is 7.49. The van der Waals surface area contributed by atoms with Gasteiger partial charge in [0.25, 0.3) is 0 Å². The van der Waals surface area contributed by atoms with E-state index in [0.717, 1.165) is 12.1 Å². The van der Waals surface area contributed by atoms with E-state index >= 15 is 0 Å². The van der Waals surface area contributed by atoms with Crippen LogP contribution < -0.4 is 4.72 Å². The number of alkyl halides is 3. The monoisotopic (exact) mass is 309 g/mol. The van der Waals surface area contributed by atoms with Gasteiger partial charge in [0.1, 0.15) is 6.42 Å². The van der Waals surface area contributed by atoms with Crippen molar-refractivity contribution in [2.45, 2.75) is 25.9 Å². The Hall–Kier alpha value is -1.57. The van der Waals surface area contributed by atoms with E-state index in [9.17, 15) is 26.4 Å². The van der Waals surface area contributed by atoms with Crippen LogP contribution in [0.15, 0.2) is 24.3 Å². The van der Waals surface area contributed by atoms with Crippen molar-refractivity contribution in [2.24, 2.45) is 0 Å². The summed E-state index contributed by atoms with van der Waals surface area (Å²) in [5.41, 5.74) is 0.0998. The van der Waals surface area contributed by atoms with Gasteiger partial charge in [-0.25, -0.2) is 8.42 Å². The second-order valence-corrected chi connectivity index (χ2v) is 6.06. The van der Waals surface area contributed by atoms with E-state index < -0.39 is 28.4 Å². The predicted molar refractivity (Wildman–Crippen MR) is 69.1 cm³/mol. The lowest BCUT2D eigenvalue weighted by Crippen LogP contribution is -2.17. The van der Waals surface area contributed by atoms with Crippen molar-refractivity contribution in [3.05, 3.63) is 29.8 Å². The Balaban J connectivity index is 2.77. The Morgan fingerprint density at radius 2 is 1.75 bits per heavy atom. The number of hydrogen-bond donors (Lipinski definition) is 1. The topological polar surface area (TPSA) is 63.2 Å². The summed E-state index contributed by atoms with van der Waals surface area (Å²) >= 11 is 0. The maximum Gasteiger partial charge on any atom is 0.396 e. The van der Waals surface area contributed by atoms with Crippen LogP contribution in [0.1, 0.15) is 30.1 Å². The van der Waals surface area contributed by atoms with Crippen LogP contribution in [0.25, 0.3) is 0 Å². The fourth-order valence-corrected chi connectivity index (χ4v) is 2.64. The summed E-state index contributed by atoms with van der Waals surface area (Å²) < 4.78 is 61.4.